The van der Waals surface area contributed by atoms with Crippen molar-refractivity contribution < 1.29 is 47.8 Å². The predicted octanol–water partition coefficient (Wildman–Crippen LogP) is 3.04. The molecule has 21 heteroatoms. The third kappa shape index (κ3) is 10.2. The van der Waals surface area contributed by atoms with Crippen LogP contribution in [0, 0.1) is 0 Å². The summed E-state index contributed by atoms with van der Waals surface area (Å²) in [7, 11) is 0. The highest BCUT2D eigenvalue weighted by atomic mass is 32.2. The van der Waals surface area contributed by atoms with Crippen LogP contribution in [0.2, 0.25) is 0 Å². The summed E-state index contributed by atoms with van der Waals surface area (Å²) >= 11 is 3.12. The summed E-state index contributed by atoms with van der Waals surface area (Å²) in [5, 5.41) is 12.6. The molecule has 1 saturated heterocycles. The minimum Gasteiger partial charge on any atom is -0.461 e. The molecule has 0 aromatic carbocycles. The van der Waals surface area contributed by atoms with Gasteiger partial charge in [0, 0.05) is 35.2 Å². The number of carbonyl (C=O) groups is 6. The fourth-order valence-corrected chi connectivity index (χ4v) is 6.66. The quantitative estimate of drug-likeness (QED) is 0.0982. The largest absolute Gasteiger partial charge is 0.461 e. The van der Waals surface area contributed by atoms with E-state index in [0.717, 1.165) is 22.9 Å². The molecule has 2 aliphatic rings. The Morgan fingerprint density at radius 2 is 1.69 bits per heavy atom. The van der Waals surface area contributed by atoms with Crippen LogP contribution in [-0.4, -0.2) is 101 Å². The highest BCUT2D eigenvalue weighted by Crippen LogP contribution is 2.41. The van der Waals surface area contributed by atoms with Gasteiger partial charge in [-0.25, -0.2) is 19.6 Å². The van der Waals surface area contributed by atoms with Crippen LogP contribution in [0.25, 0.3) is 0 Å². The van der Waals surface area contributed by atoms with Gasteiger partial charge in [-0.15, -0.1) is 23.1 Å². The number of ether oxygens (including phenoxy) is 3. The van der Waals surface area contributed by atoms with Crippen LogP contribution in [0.5, 0.6) is 0 Å². The first-order valence-corrected chi connectivity index (χ1v) is 18.0. The Hall–Kier alpha value is -4.63. The van der Waals surface area contributed by atoms with Gasteiger partial charge < -0.3 is 24.4 Å². The number of carbonyl (C=O) groups excluding carboxylic acids is 6. The predicted molar refractivity (Wildman–Crippen MR) is 187 cm³/mol. The lowest BCUT2D eigenvalue weighted by molar-refractivity contribution is -0.179. The van der Waals surface area contributed by atoms with Gasteiger partial charge in [0.15, 0.2) is 10.8 Å². The molecule has 0 spiro atoms. The Kier molecular flexibility index (Phi) is 11.8. The first kappa shape index (κ1) is 39.2. The second kappa shape index (κ2) is 15.3. The second-order valence-corrected chi connectivity index (χ2v) is 16.2. The zero-order chi connectivity index (χ0) is 37.9. The van der Waals surface area contributed by atoms with Crippen molar-refractivity contribution in [3.05, 3.63) is 28.7 Å². The molecule has 51 heavy (non-hydrogen) atoms. The number of aromatic nitrogens is 3. The molecular weight excluding hydrogens is 729 g/mol. The van der Waals surface area contributed by atoms with Crippen LogP contribution in [-0.2, 0) is 43.0 Å². The molecule has 0 saturated carbocycles. The standard InChI is InChI=1S/C30H38N8O10S3/c1-14(39)45-10-15-11-49-23-18(22(42)38(23)19(15)21(41)35-25-31-13-32-51-25)34-20(40)17(37-48-30(8,9)24(43)46-28(2,3)4)16-12-50-26(33-16)36-27(44)47-29(5,6)7/h12-13,18,23H,10-11H2,1-9H3,(H,34,40)(H,33,36,44)(H,31,32,35,41)/b37-17-/t18-,23-/m1/s1. The van der Waals surface area contributed by atoms with Crippen LogP contribution < -0.4 is 16.0 Å². The number of esters is 2. The molecule has 0 unspecified atom stereocenters. The molecule has 4 amide bonds. The lowest BCUT2D eigenvalue weighted by Crippen LogP contribution is -2.71. The number of hydrogen-bond acceptors (Lipinski definition) is 17. The molecule has 4 rings (SSSR count). The van der Waals surface area contributed by atoms with Gasteiger partial charge >= 0.3 is 18.0 Å². The monoisotopic (exact) mass is 766 g/mol. The zero-order valence-corrected chi connectivity index (χ0v) is 31.7. The Balaban J connectivity index is 1.60. The van der Waals surface area contributed by atoms with Gasteiger partial charge in [-0.05, 0) is 55.4 Å². The topological polar surface area (TPSA) is 230 Å². The van der Waals surface area contributed by atoms with E-state index in [-0.39, 0.29) is 34.0 Å². The molecule has 2 aliphatic heterocycles. The third-order valence-corrected chi connectivity index (χ3v) is 9.08. The maximum Gasteiger partial charge on any atom is 0.413 e. The normalized spacial score (nSPS) is 17.9. The van der Waals surface area contributed by atoms with E-state index in [1.165, 1.54) is 49.1 Å². The number of nitrogens with zero attached hydrogens (tertiary/aromatic N) is 5. The van der Waals surface area contributed by atoms with Crippen molar-refractivity contribution in [3.63, 3.8) is 0 Å². The maximum atomic E-state index is 13.8. The molecule has 276 valence electrons. The van der Waals surface area contributed by atoms with Crippen LogP contribution >= 0.6 is 34.6 Å². The zero-order valence-electron chi connectivity index (χ0n) is 29.3. The fraction of sp³-hybridized carbons (Fsp3) is 0.533. The average molecular weight is 767 g/mol. The van der Waals surface area contributed by atoms with E-state index in [2.05, 4.69) is 35.4 Å². The number of anilines is 2. The molecule has 1 fully saturated rings. The molecule has 3 N–H and O–H groups in total. The molecular formula is C30H38N8O10S3. The van der Waals surface area contributed by atoms with E-state index in [1.54, 1.807) is 41.5 Å². The fourth-order valence-electron chi connectivity index (χ4n) is 4.23. The molecule has 18 nitrogen and oxygen atoms in total. The smallest absolute Gasteiger partial charge is 0.413 e. The van der Waals surface area contributed by atoms with E-state index in [1.807, 2.05) is 0 Å². The van der Waals surface area contributed by atoms with Gasteiger partial charge in [0.05, 0.1) is 0 Å². The molecule has 0 radical (unpaired) electrons. The SMILES string of the molecule is CC(=O)OCC1=C(C(=O)Nc2ncns2)N2C(=O)[C@@H](NC(=O)/C(=N\OC(C)(C)C(=O)OC(C)(C)C)c3csc(NC(=O)OC(C)(C)C)n3)[C@H]2SC1. The van der Waals surface area contributed by atoms with Crippen LogP contribution in [0.4, 0.5) is 15.1 Å². The minimum atomic E-state index is -1.66. The number of hydrogen-bond donors (Lipinski definition) is 3. The first-order chi connectivity index (χ1) is 23.6. The number of amides is 4. The Labute approximate surface area is 305 Å². The van der Waals surface area contributed by atoms with Crippen molar-refractivity contribution in [2.75, 3.05) is 23.0 Å². The van der Waals surface area contributed by atoms with Gasteiger partial charge in [-0.2, -0.15) is 4.37 Å². The van der Waals surface area contributed by atoms with E-state index >= 15 is 0 Å². The number of oxime groups is 1. The van der Waals surface area contributed by atoms with Gasteiger partial charge in [0.25, 0.3) is 17.7 Å². The lowest BCUT2D eigenvalue weighted by atomic mass is 10.0. The number of thiazole rings is 1. The number of nitrogens with one attached hydrogen (secondary N) is 3. The van der Waals surface area contributed by atoms with Crippen LogP contribution in [0.3, 0.4) is 0 Å². The highest BCUT2D eigenvalue weighted by molar-refractivity contribution is 8.00. The summed E-state index contributed by atoms with van der Waals surface area (Å²) in [5.74, 6) is -3.37. The molecule has 2 aromatic heterocycles. The van der Waals surface area contributed by atoms with Crippen LogP contribution in [0.15, 0.2) is 28.1 Å². The summed E-state index contributed by atoms with van der Waals surface area (Å²) in [6.45, 7) is 13.9. The maximum absolute atomic E-state index is 13.8. The van der Waals surface area contributed by atoms with Crippen molar-refractivity contribution >= 4 is 86.4 Å². The van der Waals surface area contributed by atoms with Crippen molar-refractivity contribution in [1.29, 1.82) is 0 Å². The van der Waals surface area contributed by atoms with Crippen molar-refractivity contribution in [2.45, 2.75) is 90.5 Å². The van der Waals surface area contributed by atoms with E-state index < -0.39 is 69.7 Å². The first-order valence-electron chi connectivity index (χ1n) is 15.3. The Morgan fingerprint density at radius 3 is 2.29 bits per heavy atom. The lowest BCUT2D eigenvalue weighted by Gasteiger charge is -2.49. The number of thioether (sulfide) groups is 1. The summed E-state index contributed by atoms with van der Waals surface area (Å²) in [6, 6.07) is -1.14. The number of rotatable bonds is 11. The summed E-state index contributed by atoms with van der Waals surface area (Å²) in [6.07, 6.45) is 0.472. The Morgan fingerprint density at radius 1 is 1.00 bits per heavy atom. The second-order valence-electron chi connectivity index (χ2n) is 13.5. The average Bonchev–Trinajstić information content (AvgIpc) is 3.68. The molecule has 2 aromatic rings. The van der Waals surface area contributed by atoms with E-state index in [4.69, 9.17) is 19.0 Å². The minimum absolute atomic E-state index is 0.0422. The highest BCUT2D eigenvalue weighted by Gasteiger charge is 2.54. The molecule has 0 bridgehead atoms. The summed E-state index contributed by atoms with van der Waals surface area (Å²) in [5.41, 5.74) is -3.43. The number of fused-ring (bicyclic) bond motifs is 1. The molecule has 0 aliphatic carbocycles. The van der Waals surface area contributed by atoms with Gasteiger partial charge in [-0.1, -0.05) is 5.16 Å². The third-order valence-electron chi connectivity index (χ3n) is 6.41. The van der Waals surface area contributed by atoms with Crippen LogP contribution in [0.1, 0.15) is 68.0 Å². The van der Waals surface area contributed by atoms with Gasteiger partial charge in [0.2, 0.25) is 10.7 Å². The van der Waals surface area contributed by atoms with Crippen molar-refractivity contribution in [1.82, 2.24) is 24.6 Å². The summed E-state index contributed by atoms with van der Waals surface area (Å²) < 4.78 is 19.7. The van der Waals surface area contributed by atoms with E-state index in [0.29, 0.717) is 5.57 Å². The summed E-state index contributed by atoms with van der Waals surface area (Å²) in [4.78, 5) is 92.6. The van der Waals surface area contributed by atoms with Gasteiger partial charge in [-0.3, -0.25) is 34.7 Å². The van der Waals surface area contributed by atoms with E-state index in [9.17, 15) is 28.8 Å². The van der Waals surface area contributed by atoms with Crippen molar-refractivity contribution in [3.8, 4) is 0 Å². The van der Waals surface area contributed by atoms with Crippen molar-refractivity contribution in [2.24, 2.45) is 5.16 Å². The molecule has 2 atom stereocenters. The number of β-lactam (4-membered cyclic amide) rings is 1. The van der Waals surface area contributed by atoms with Gasteiger partial charge in [0.1, 0.15) is 46.9 Å². The Bertz CT molecular complexity index is 1760. The molecule has 4 heterocycles.